The van der Waals surface area contributed by atoms with Crippen LogP contribution < -0.4 is 0 Å². The molecular formula is C13H18O4. The van der Waals surface area contributed by atoms with Crippen molar-refractivity contribution in [1.29, 1.82) is 0 Å². The lowest BCUT2D eigenvalue weighted by molar-refractivity contribution is -0.166. The molecule has 17 heavy (non-hydrogen) atoms. The summed E-state index contributed by atoms with van der Waals surface area (Å²) in [4.78, 5) is 22.8. The minimum absolute atomic E-state index is 0.0939. The standard InChI is InChI=1S/C13H18O4/c1-13(12(16)17)9-5-3-2-4-8(9)6-7-10(13)11(14)15/h6,9-10H,2-5,7H2,1H3,(H,14,15)(H,16,17)/t9?,10-,13-/m0/s1. The van der Waals surface area contributed by atoms with E-state index < -0.39 is 23.3 Å². The van der Waals surface area contributed by atoms with Crippen LogP contribution in [0.1, 0.15) is 39.0 Å². The predicted octanol–water partition coefficient (Wildman–Crippen LogP) is 2.30. The first-order chi connectivity index (χ1) is 7.98. The molecule has 4 nitrogen and oxygen atoms in total. The fraction of sp³-hybridized carbons (Fsp3) is 0.692. The summed E-state index contributed by atoms with van der Waals surface area (Å²) in [5.74, 6) is -2.85. The van der Waals surface area contributed by atoms with E-state index in [0.717, 1.165) is 25.7 Å². The van der Waals surface area contributed by atoms with Crippen LogP contribution in [0.25, 0.3) is 0 Å². The van der Waals surface area contributed by atoms with Gasteiger partial charge in [0.05, 0.1) is 11.3 Å². The summed E-state index contributed by atoms with van der Waals surface area (Å²) in [6.45, 7) is 1.61. The second-order valence-corrected chi connectivity index (χ2v) is 5.29. The Kier molecular flexibility index (Phi) is 2.98. The van der Waals surface area contributed by atoms with E-state index in [4.69, 9.17) is 0 Å². The molecule has 0 aliphatic heterocycles. The van der Waals surface area contributed by atoms with Gasteiger partial charge in [-0.15, -0.1) is 0 Å². The van der Waals surface area contributed by atoms with Crippen molar-refractivity contribution >= 4 is 11.9 Å². The van der Waals surface area contributed by atoms with Gasteiger partial charge in [-0.1, -0.05) is 18.1 Å². The molecule has 2 aliphatic carbocycles. The van der Waals surface area contributed by atoms with Crippen molar-refractivity contribution in [2.24, 2.45) is 17.3 Å². The van der Waals surface area contributed by atoms with Crippen molar-refractivity contribution in [2.75, 3.05) is 0 Å². The highest BCUT2D eigenvalue weighted by Crippen LogP contribution is 2.51. The Morgan fingerprint density at radius 2 is 2.06 bits per heavy atom. The fourth-order valence-corrected chi connectivity index (χ4v) is 3.38. The molecule has 0 aromatic carbocycles. The molecule has 3 atom stereocenters. The predicted molar refractivity (Wildman–Crippen MR) is 61.5 cm³/mol. The van der Waals surface area contributed by atoms with E-state index in [0.29, 0.717) is 6.42 Å². The van der Waals surface area contributed by atoms with Gasteiger partial charge in [-0.25, -0.2) is 0 Å². The Hall–Kier alpha value is -1.32. The van der Waals surface area contributed by atoms with Crippen molar-refractivity contribution in [2.45, 2.75) is 39.0 Å². The molecule has 1 saturated carbocycles. The molecule has 94 valence electrons. The number of carbonyl (C=O) groups is 2. The molecule has 0 spiro atoms. The van der Waals surface area contributed by atoms with Crippen molar-refractivity contribution in [1.82, 2.24) is 0 Å². The zero-order chi connectivity index (χ0) is 12.6. The van der Waals surface area contributed by atoms with E-state index >= 15 is 0 Å². The third kappa shape index (κ3) is 1.75. The van der Waals surface area contributed by atoms with Gasteiger partial charge in [-0.2, -0.15) is 0 Å². The Balaban J connectivity index is 2.43. The average Bonchev–Trinajstić information content (AvgIpc) is 2.29. The second kappa shape index (κ2) is 4.17. The Bertz CT molecular complexity index is 385. The zero-order valence-corrected chi connectivity index (χ0v) is 9.98. The van der Waals surface area contributed by atoms with Gasteiger partial charge in [0.1, 0.15) is 0 Å². The molecule has 0 saturated heterocycles. The second-order valence-electron chi connectivity index (χ2n) is 5.29. The van der Waals surface area contributed by atoms with E-state index in [9.17, 15) is 19.8 Å². The smallest absolute Gasteiger partial charge is 0.310 e. The number of fused-ring (bicyclic) bond motifs is 1. The lowest BCUT2D eigenvalue weighted by Crippen LogP contribution is -2.49. The summed E-state index contributed by atoms with van der Waals surface area (Å²) < 4.78 is 0. The first-order valence-electron chi connectivity index (χ1n) is 6.13. The van der Waals surface area contributed by atoms with Gasteiger partial charge in [-0.3, -0.25) is 9.59 Å². The lowest BCUT2D eigenvalue weighted by Gasteiger charge is -2.44. The first kappa shape index (κ1) is 12.1. The summed E-state index contributed by atoms with van der Waals surface area (Å²) in [5.41, 5.74) is 0.0229. The van der Waals surface area contributed by atoms with Crippen LogP contribution in [-0.4, -0.2) is 22.2 Å². The average molecular weight is 238 g/mol. The molecule has 0 amide bonds. The summed E-state index contributed by atoms with van der Waals surface area (Å²) in [5, 5.41) is 18.7. The van der Waals surface area contributed by atoms with Crippen LogP contribution in [0, 0.1) is 17.3 Å². The van der Waals surface area contributed by atoms with E-state index in [-0.39, 0.29) is 5.92 Å². The Morgan fingerprint density at radius 1 is 1.35 bits per heavy atom. The SMILES string of the molecule is C[C@]1(C(=O)O)C2CCCCC2=CC[C@H]1C(=O)O. The third-order valence-electron chi connectivity index (χ3n) is 4.48. The monoisotopic (exact) mass is 238 g/mol. The van der Waals surface area contributed by atoms with Gasteiger partial charge in [0.25, 0.3) is 0 Å². The van der Waals surface area contributed by atoms with Gasteiger partial charge in [-0.05, 0) is 38.5 Å². The van der Waals surface area contributed by atoms with Crippen LogP contribution in [0.4, 0.5) is 0 Å². The number of carboxylic acid groups (broad SMARTS) is 2. The van der Waals surface area contributed by atoms with Crippen LogP contribution in [0.2, 0.25) is 0 Å². The normalized spacial score (nSPS) is 36.9. The number of hydrogen-bond donors (Lipinski definition) is 2. The first-order valence-corrected chi connectivity index (χ1v) is 6.13. The maximum absolute atomic E-state index is 11.6. The summed E-state index contributed by atoms with van der Waals surface area (Å²) >= 11 is 0. The lowest BCUT2D eigenvalue weighted by atomic mass is 9.57. The van der Waals surface area contributed by atoms with E-state index in [1.807, 2.05) is 6.08 Å². The largest absolute Gasteiger partial charge is 0.481 e. The molecule has 0 aromatic rings. The molecule has 2 rings (SSSR count). The van der Waals surface area contributed by atoms with Crippen LogP contribution in [-0.2, 0) is 9.59 Å². The van der Waals surface area contributed by atoms with Crippen molar-refractivity contribution < 1.29 is 19.8 Å². The summed E-state index contributed by atoms with van der Waals surface area (Å²) in [6, 6.07) is 0. The topological polar surface area (TPSA) is 74.6 Å². The zero-order valence-electron chi connectivity index (χ0n) is 9.98. The maximum atomic E-state index is 11.6. The molecule has 0 heterocycles. The molecule has 1 unspecified atom stereocenters. The molecule has 0 bridgehead atoms. The van der Waals surface area contributed by atoms with Crippen LogP contribution in [0.15, 0.2) is 11.6 Å². The van der Waals surface area contributed by atoms with Gasteiger partial charge >= 0.3 is 11.9 Å². The third-order valence-corrected chi connectivity index (χ3v) is 4.48. The molecule has 0 radical (unpaired) electrons. The molecule has 1 fully saturated rings. The number of allylic oxidation sites excluding steroid dienone is 2. The molecule has 2 N–H and O–H groups in total. The number of rotatable bonds is 2. The highest BCUT2D eigenvalue weighted by Gasteiger charge is 2.53. The molecule has 0 aromatic heterocycles. The highest BCUT2D eigenvalue weighted by atomic mass is 16.4. The van der Waals surface area contributed by atoms with Crippen molar-refractivity contribution in [3.8, 4) is 0 Å². The van der Waals surface area contributed by atoms with Gasteiger partial charge < -0.3 is 10.2 Å². The van der Waals surface area contributed by atoms with Gasteiger partial charge in [0, 0.05) is 0 Å². The van der Waals surface area contributed by atoms with E-state index in [2.05, 4.69) is 0 Å². The number of aliphatic carboxylic acids is 2. The van der Waals surface area contributed by atoms with Gasteiger partial charge in [0.15, 0.2) is 0 Å². The fourth-order valence-electron chi connectivity index (χ4n) is 3.38. The van der Waals surface area contributed by atoms with E-state index in [1.54, 1.807) is 6.92 Å². The van der Waals surface area contributed by atoms with Crippen LogP contribution >= 0.6 is 0 Å². The summed E-state index contributed by atoms with van der Waals surface area (Å²) in [7, 11) is 0. The minimum atomic E-state index is -1.14. The van der Waals surface area contributed by atoms with E-state index in [1.165, 1.54) is 5.57 Å². The Labute approximate surface area is 100 Å². The quantitative estimate of drug-likeness (QED) is 0.724. The number of carboxylic acids is 2. The van der Waals surface area contributed by atoms with Gasteiger partial charge in [0.2, 0.25) is 0 Å². The number of hydrogen-bond acceptors (Lipinski definition) is 2. The molecule has 2 aliphatic rings. The summed E-state index contributed by atoms with van der Waals surface area (Å²) in [6.07, 6.45) is 6.14. The van der Waals surface area contributed by atoms with Crippen molar-refractivity contribution in [3.05, 3.63) is 11.6 Å². The maximum Gasteiger partial charge on any atom is 0.310 e. The molecule has 4 heteroatoms. The Morgan fingerprint density at radius 3 is 2.65 bits per heavy atom. The highest BCUT2D eigenvalue weighted by molar-refractivity contribution is 5.84. The van der Waals surface area contributed by atoms with Crippen molar-refractivity contribution in [3.63, 3.8) is 0 Å². The van der Waals surface area contributed by atoms with Crippen LogP contribution in [0.5, 0.6) is 0 Å². The minimum Gasteiger partial charge on any atom is -0.481 e. The van der Waals surface area contributed by atoms with Crippen LogP contribution in [0.3, 0.4) is 0 Å². The molecular weight excluding hydrogens is 220 g/mol.